The van der Waals surface area contributed by atoms with Crippen molar-refractivity contribution in [3.8, 4) is 0 Å². The van der Waals surface area contributed by atoms with Crippen LogP contribution in [0.25, 0.3) is 0 Å². The smallest absolute Gasteiger partial charge is 0.324 e. The van der Waals surface area contributed by atoms with Gasteiger partial charge in [0.25, 0.3) is 0 Å². The summed E-state index contributed by atoms with van der Waals surface area (Å²) in [5, 5.41) is 16.3. The molecule has 1 N–H and O–H groups in total. The Morgan fingerprint density at radius 2 is 2.50 bits per heavy atom. The predicted molar refractivity (Wildman–Crippen MR) is 79.2 cm³/mol. The number of thiophene rings is 1. The van der Waals surface area contributed by atoms with Crippen LogP contribution in [0.3, 0.4) is 0 Å². The van der Waals surface area contributed by atoms with Gasteiger partial charge < -0.3 is 10.1 Å². The van der Waals surface area contributed by atoms with Crippen LogP contribution in [0.5, 0.6) is 0 Å². The van der Waals surface area contributed by atoms with Crippen molar-refractivity contribution in [2.45, 2.75) is 25.4 Å². The van der Waals surface area contributed by atoms with E-state index in [-0.39, 0.29) is 9.92 Å². The molecular formula is C13H21N3O3S. The van der Waals surface area contributed by atoms with E-state index in [2.05, 4.69) is 10.2 Å². The van der Waals surface area contributed by atoms with E-state index in [4.69, 9.17) is 4.74 Å². The fourth-order valence-corrected chi connectivity index (χ4v) is 3.20. The first-order valence-electron chi connectivity index (χ1n) is 6.85. The summed E-state index contributed by atoms with van der Waals surface area (Å²) in [6.07, 6.45) is 2.43. The maximum Gasteiger partial charge on any atom is 0.324 e. The van der Waals surface area contributed by atoms with Crippen molar-refractivity contribution < 1.29 is 9.66 Å². The Kier molecular flexibility index (Phi) is 5.90. The van der Waals surface area contributed by atoms with E-state index in [9.17, 15) is 10.1 Å². The Hall–Kier alpha value is -1.02. The number of nitrogens with zero attached hydrogens (tertiary/aromatic N) is 2. The van der Waals surface area contributed by atoms with Crippen molar-refractivity contribution in [3.05, 3.63) is 27.1 Å². The second-order valence-corrected chi connectivity index (χ2v) is 5.96. The molecule has 0 aliphatic carbocycles. The summed E-state index contributed by atoms with van der Waals surface area (Å²) < 4.78 is 5.15. The Morgan fingerprint density at radius 3 is 3.10 bits per heavy atom. The molecule has 1 aromatic rings. The normalized spacial score (nSPS) is 18.8. The van der Waals surface area contributed by atoms with Crippen LogP contribution in [0, 0.1) is 10.1 Å². The van der Waals surface area contributed by atoms with E-state index in [0.717, 1.165) is 31.7 Å². The minimum atomic E-state index is -0.327. The van der Waals surface area contributed by atoms with Crippen molar-refractivity contribution in [2.24, 2.45) is 0 Å². The third kappa shape index (κ3) is 4.52. The van der Waals surface area contributed by atoms with E-state index in [1.54, 1.807) is 13.2 Å². The highest BCUT2D eigenvalue weighted by molar-refractivity contribution is 7.13. The summed E-state index contributed by atoms with van der Waals surface area (Å²) in [5.41, 5.74) is 1.01. The molecule has 6 nitrogen and oxygen atoms in total. The third-order valence-electron chi connectivity index (χ3n) is 3.48. The van der Waals surface area contributed by atoms with Gasteiger partial charge in [0.2, 0.25) is 0 Å². The Morgan fingerprint density at radius 1 is 1.65 bits per heavy atom. The average molecular weight is 299 g/mol. The van der Waals surface area contributed by atoms with Gasteiger partial charge in [-0.1, -0.05) is 11.3 Å². The van der Waals surface area contributed by atoms with E-state index < -0.39 is 0 Å². The molecule has 1 saturated heterocycles. The molecule has 1 aliphatic rings. The predicted octanol–water partition coefficient (Wildman–Crippen LogP) is 1.86. The molecule has 0 spiro atoms. The lowest BCUT2D eigenvalue weighted by atomic mass is 10.2. The van der Waals surface area contributed by atoms with E-state index in [1.165, 1.54) is 24.2 Å². The molecule has 112 valence electrons. The summed E-state index contributed by atoms with van der Waals surface area (Å²) in [7, 11) is 1.70. The molecule has 2 heterocycles. The molecule has 0 saturated carbocycles. The molecule has 0 bridgehead atoms. The molecule has 2 rings (SSSR count). The summed E-state index contributed by atoms with van der Waals surface area (Å²) >= 11 is 1.19. The summed E-state index contributed by atoms with van der Waals surface area (Å²) in [5.74, 6) is 0. The van der Waals surface area contributed by atoms with Crippen LogP contribution in [0.15, 0.2) is 11.4 Å². The highest BCUT2D eigenvalue weighted by atomic mass is 32.1. The molecule has 1 fully saturated rings. The van der Waals surface area contributed by atoms with Crippen molar-refractivity contribution >= 4 is 16.3 Å². The molecule has 1 atom stereocenters. The number of methoxy groups -OCH3 is 1. The van der Waals surface area contributed by atoms with Gasteiger partial charge in [0.05, 0.1) is 11.5 Å². The fourth-order valence-electron chi connectivity index (χ4n) is 2.48. The summed E-state index contributed by atoms with van der Waals surface area (Å²) in [6.45, 7) is 4.32. The molecule has 0 aromatic carbocycles. The highest BCUT2D eigenvalue weighted by Gasteiger charge is 2.19. The highest BCUT2D eigenvalue weighted by Crippen LogP contribution is 2.23. The quantitative estimate of drug-likeness (QED) is 0.586. The molecule has 0 amide bonds. The summed E-state index contributed by atoms with van der Waals surface area (Å²) in [4.78, 5) is 12.7. The van der Waals surface area contributed by atoms with Crippen LogP contribution in [0.2, 0.25) is 0 Å². The molecular weight excluding hydrogens is 278 g/mol. The molecule has 1 aromatic heterocycles. The lowest BCUT2D eigenvalue weighted by Crippen LogP contribution is -2.38. The van der Waals surface area contributed by atoms with Gasteiger partial charge in [-0.25, -0.2) is 0 Å². The van der Waals surface area contributed by atoms with Gasteiger partial charge in [-0.2, -0.15) is 0 Å². The van der Waals surface area contributed by atoms with Gasteiger partial charge in [0.15, 0.2) is 0 Å². The van der Waals surface area contributed by atoms with E-state index >= 15 is 0 Å². The standard InChI is InChI=1S/C13H21N3O3S/c1-19-6-5-15(9-12-3-2-4-14-12)8-11-7-13(16(17)18)20-10-11/h7,10,12,14H,2-6,8-9H2,1H3. The maximum atomic E-state index is 10.7. The first kappa shape index (κ1) is 15.4. The van der Waals surface area contributed by atoms with Gasteiger partial charge in [-0.3, -0.25) is 15.0 Å². The zero-order valence-electron chi connectivity index (χ0n) is 11.7. The van der Waals surface area contributed by atoms with Gasteiger partial charge in [-0.05, 0) is 24.9 Å². The lowest BCUT2D eigenvalue weighted by Gasteiger charge is -2.24. The van der Waals surface area contributed by atoms with E-state index in [0.29, 0.717) is 12.6 Å². The summed E-state index contributed by atoms with van der Waals surface area (Å²) in [6, 6.07) is 2.20. The van der Waals surface area contributed by atoms with Crippen LogP contribution >= 0.6 is 11.3 Å². The van der Waals surface area contributed by atoms with Crippen LogP contribution in [-0.4, -0.2) is 49.2 Å². The SMILES string of the molecule is COCCN(Cc1csc([N+](=O)[O-])c1)CC1CCCN1. The molecule has 0 radical (unpaired) electrons. The molecule has 1 aliphatic heterocycles. The molecule has 1 unspecified atom stereocenters. The van der Waals surface area contributed by atoms with Crippen molar-refractivity contribution in [2.75, 3.05) is 33.4 Å². The number of ether oxygens (including phenoxy) is 1. The Labute approximate surface area is 122 Å². The first-order chi connectivity index (χ1) is 9.69. The maximum absolute atomic E-state index is 10.7. The second-order valence-electron chi connectivity index (χ2n) is 5.07. The first-order valence-corrected chi connectivity index (χ1v) is 7.73. The van der Waals surface area contributed by atoms with Crippen molar-refractivity contribution in [1.29, 1.82) is 0 Å². The van der Waals surface area contributed by atoms with Gasteiger partial charge in [-0.15, -0.1) is 0 Å². The zero-order chi connectivity index (χ0) is 14.4. The fraction of sp³-hybridized carbons (Fsp3) is 0.692. The van der Waals surface area contributed by atoms with Gasteiger partial charge in [0.1, 0.15) is 0 Å². The number of nitrogens with one attached hydrogen (secondary N) is 1. The molecule has 20 heavy (non-hydrogen) atoms. The zero-order valence-corrected chi connectivity index (χ0v) is 12.5. The molecule has 7 heteroatoms. The monoisotopic (exact) mass is 299 g/mol. The second kappa shape index (κ2) is 7.68. The minimum absolute atomic E-state index is 0.214. The number of nitro groups is 1. The third-order valence-corrected chi connectivity index (χ3v) is 4.41. The number of rotatable bonds is 8. The average Bonchev–Trinajstić information content (AvgIpc) is 3.07. The number of hydrogen-bond donors (Lipinski definition) is 1. The van der Waals surface area contributed by atoms with Crippen molar-refractivity contribution in [1.82, 2.24) is 10.2 Å². The largest absolute Gasteiger partial charge is 0.383 e. The number of hydrogen-bond acceptors (Lipinski definition) is 6. The Bertz CT molecular complexity index is 432. The van der Waals surface area contributed by atoms with Gasteiger partial charge in [0, 0.05) is 44.2 Å². The minimum Gasteiger partial charge on any atom is -0.383 e. The van der Waals surface area contributed by atoms with E-state index in [1.807, 2.05) is 5.38 Å². The van der Waals surface area contributed by atoms with Crippen LogP contribution in [0.4, 0.5) is 5.00 Å². The lowest BCUT2D eigenvalue weighted by molar-refractivity contribution is -0.380. The van der Waals surface area contributed by atoms with Crippen LogP contribution in [-0.2, 0) is 11.3 Å². The van der Waals surface area contributed by atoms with Crippen LogP contribution in [0.1, 0.15) is 18.4 Å². The van der Waals surface area contributed by atoms with Crippen molar-refractivity contribution in [3.63, 3.8) is 0 Å². The topological polar surface area (TPSA) is 67.6 Å². The Balaban J connectivity index is 1.92. The van der Waals surface area contributed by atoms with Crippen LogP contribution < -0.4 is 5.32 Å². The van der Waals surface area contributed by atoms with Gasteiger partial charge >= 0.3 is 5.00 Å².